The van der Waals surface area contributed by atoms with Crippen LogP contribution < -0.4 is 10.6 Å². The van der Waals surface area contributed by atoms with Crippen LogP contribution in [0.3, 0.4) is 0 Å². The zero-order valence-electron chi connectivity index (χ0n) is 17.5. The van der Waals surface area contributed by atoms with Crippen molar-refractivity contribution in [3.8, 4) is 0 Å². The summed E-state index contributed by atoms with van der Waals surface area (Å²) in [6, 6.07) is 26.2. The van der Waals surface area contributed by atoms with Gasteiger partial charge in [0.2, 0.25) is 5.91 Å². The van der Waals surface area contributed by atoms with E-state index in [9.17, 15) is 14.4 Å². The maximum absolute atomic E-state index is 13.2. The highest BCUT2D eigenvalue weighted by Crippen LogP contribution is 2.31. The summed E-state index contributed by atoms with van der Waals surface area (Å²) in [4.78, 5) is 39.6. The summed E-state index contributed by atoms with van der Waals surface area (Å²) in [6.07, 6.45) is 0. The van der Waals surface area contributed by atoms with E-state index in [4.69, 9.17) is 0 Å². The smallest absolute Gasteiger partial charge is 0.324 e. The van der Waals surface area contributed by atoms with E-state index in [1.807, 2.05) is 78.9 Å². The first-order chi connectivity index (χ1) is 15.5. The van der Waals surface area contributed by atoms with Gasteiger partial charge in [-0.3, -0.25) is 14.5 Å². The number of hydrogen-bond donors (Lipinski definition) is 2. The standard InChI is InChI=1S/C26H21N3O3/c1-26(20-14-13-17-7-2-3-9-19(17)15-20)24(31)29(25(32)28-26)16-23(30)27-22-12-6-10-18-8-4-5-11-21(18)22/h2-15H,16H2,1H3,(H,27,30)(H,28,32)/t26-/m0/s1. The van der Waals surface area contributed by atoms with E-state index in [1.54, 1.807) is 13.0 Å². The maximum Gasteiger partial charge on any atom is 0.325 e. The predicted molar refractivity (Wildman–Crippen MR) is 124 cm³/mol. The SMILES string of the molecule is C[C@@]1(c2ccc3ccccc3c2)NC(=O)N(CC(=O)Nc2cccc3ccccc23)C1=O. The molecule has 1 saturated heterocycles. The van der Waals surface area contributed by atoms with Crippen LogP contribution in [-0.4, -0.2) is 29.3 Å². The second-order valence-corrected chi connectivity index (χ2v) is 8.08. The zero-order valence-corrected chi connectivity index (χ0v) is 17.5. The minimum atomic E-state index is -1.24. The summed E-state index contributed by atoms with van der Waals surface area (Å²) in [5.41, 5.74) is 0.0739. The molecule has 1 fully saturated rings. The fourth-order valence-corrected chi connectivity index (χ4v) is 4.20. The fourth-order valence-electron chi connectivity index (χ4n) is 4.20. The summed E-state index contributed by atoms with van der Waals surface area (Å²) in [6.45, 7) is 1.30. The Balaban J connectivity index is 1.38. The lowest BCUT2D eigenvalue weighted by molar-refractivity contribution is -0.133. The Morgan fingerprint density at radius 1 is 0.875 bits per heavy atom. The van der Waals surface area contributed by atoms with E-state index in [0.29, 0.717) is 11.3 Å². The van der Waals surface area contributed by atoms with Crippen molar-refractivity contribution in [3.63, 3.8) is 0 Å². The van der Waals surface area contributed by atoms with E-state index < -0.39 is 23.4 Å². The van der Waals surface area contributed by atoms with E-state index in [2.05, 4.69) is 10.6 Å². The molecule has 4 aromatic carbocycles. The molecule has 4 amide bonds. The van der Waals surface area contributed by atoms with Crippen molar-refractivity contribution in [2.24, 2.45) is 0 Å². The first kappa shape index (κ1) is 19.8. The number of carbonyl (C=O) groups excluding carboxylic acids is 3. The number of anilines is 1. The van der Waals surface area contributed by atoms with Crippen LogP contribution >= 0.6 is 0 Å². The van der Waals surface area contributed by atoms with Crippen molar-refractivity contribution in [3.05, 3.63) is 90.5 Å². The molecule has 1 aliphatic rings. The number of rotatable bonds is 4. The molecule has 0 aromatic heterocycles. The van der Waals surface area contributed by atoms with Gasteiger partial charge in [-0.1, -0.05) is 72.8 Å². The topological polar surface area (TPSA) is 78.5 Å². The normalized spacial score (nSPS) is 18.2. The van der Waals surface area contributed by atoms with Gasteiger partial charge < -0.3 is 10.6 Å². The lowest BCUT2D eigenvalue weighted by Crippen LogP contribution is -2.42. The molecule has 32 heavy (non-hydrogen) atoms. The summed E-state index contributed by atoms with van der Waals surface area (Å²) in [5, 5.41) is 9.50. The molecule has 6 heteroatoms. The van der Waals surface area contributed by atoms with Crippen molar-refractivity contribution < 1.29 is 14.4 Å². The summed E-state index contributed by atoms with van der Waals surface area (Å²) in [5.74, 6) is -0.890. The van der Waals surface area contributed by atoms with Gasteiger partial charge in [0, 0.05) is 11.1 Å². The lowest BCUT2D eigenvalue weighted by Gasteiger charge is -2.22. The summed E-state index contributed by atoms with van der Waals surface area (Å²) >= 11 is 0. The molecule has 0 unspecified atom stereocenters. The number of benzene rings is 4. The molecular formula is C26H21N3O3. The lowest BCUT2D eigenvalue weighted by atomic mass is 9.90. The van der Waals surface area contributed by atoms with E-state index in [1.165, 1.54) is 0 Å². The Kier molecular flexibility index (Phi) is 4.63. The van der Waals surface area contributed by atoms with E-state index in [-0.39, 0.29) is 6.54 Å². The zero-order chi connectivity index (χ0) is 22.3. The summed E-state index contributed by atoms with van der Waals surface area (Å²) in [7, 11) is 0. The average molecular weight is 423 g/mol. The van der Waals surface area contributed by atoms with Gasteiger partial charge in [0.05, 0.1) is 0 Å². The number of imide groups is 1. The number of fused-ring (bicyclic) bond motifs is 2. The minimum Gasteiger partial charge on any atom is -0.324 e. The monoisotopic (exact) mass is 423 g/mol. The molecule has 0 saturated carbocycles. The largest absolute Gasteiger partial charge is 0.325 e. The van der Waals surface area contributed by atoms with Crippen LogP contribution in [0.15, 0.2) is 84.9 Å². The highest BCUT2D eigenvalue weighted by atomic mass is 16.2. The third-order valence-corrected chi connectivity index (χ3v) is 5.97. The van der Waals surface area contributed by atoms with Gasteiger partial charge in [-0.25, -0.2) is 4.79 Å². The highest BCUT2D eigenvalue weighted by Gasteiger charge is 2.49. The Bertz CT molecular complexity index is 1390. The van der Waals surface area contributed by atoms with Crippen LogP contribution in [0.1, 0.15) is 12.5 Å². The van der Waals surface area contributed by atoms with Crippen LogP contribution in [0.4, 0.5) is 10.5 Å². The molecule has 1 heterocycles. The van der Waals surface area contributed by atoms with Gasteiger partial charge in [0.25, 0.3) is 5.91 Å². The molecule has 0 bridgehead atoms. The van der Waals surface area contributed by atoms with Gasteiger partial charge in [0.15, 0.2) is 0 Å². The second-order valence-electron chi connectivity index (χ2n) is 8.08. The molecule has 4 aromatic rings. The van der Waals surface area contributed by atoms with Gasteiger partial charge >= 0.3 is 6.03 Å². The molecule has 0 aliphatic carbocycles. The minimum absolute atomic E-state index is 0.364. The molecule has 1 aliphatic heterocycles. The molecular weight excluding hydrogens is 402 g/mol. The molecule has 6 nitrogen and oxygen atoms in total. The Labute approximate surface area is 184 Å². The quantitative estimate of drug-likeness (QED) is 0.478. The molecule has 0 spiro atoms. The third-order valence-electron chi connectivity index (χ3n) is 5.97. The highest BCUT2D eigenvalue weighted by molar-refractivity contribution is 6.11. The number of hydrogen-bond acceptors (Lipinski definition) is 3. The Morgan fingerprint density at radius 2 is 1.56 bits per heavy atom. The van der Waals surface area contributed by atoms with Gasteiger partial charge in [-0.15, -0.1) is 0 Å². The van der Waals surface area contributed by atoms with Gasteiger partial charge in [-0.2, -0.15) is 0 Å². The van der Waals surface area contributed by atoms with Crippen molar-refractivity contribution in [1.82, 2.24) is 10.2 Å². The number of nitrogens with zero attached hydrogens (tertiary/aromatic N) is 1. The summed E-state index contributed by atoms with van der Waals surface area (Å²) < 4.78 is 0. The van der Waals surface area contributed by atoms with Crippen LogP contribution in [0.2, 0.25) is 0 Å². The van der Waals surface area contributed by atoms with Crippen LogP contribution in [-0.2, 0) is 15.1 Å². The number of amides is 4. The van der Waals surface area contributed by atoms with Crippen molar-refractivity contribution in [1.29, 1.82) is 0 Å². The van der Waals surface area contributed by atoms with Crippen LogP contribution in [0.25, 0.3) is 21.5 Å². The molecule has 158 valence electrons. The fraction of sp³-hybridized carbons (Fsp3) is 0.115. The van der Waals surface area contributed by atoms with E-state index in [0.717, 1.165) is 26.4 Å². The molecule has 2 N–H and O–H groups in total. The van der Waals surface area contributed by atoms with Crippen molar-refractivity contribution >= 4 is 45.1 Å². The number of carbonyl (C=O) groups is 3. The first-order valence-corrected chi connectivity index (χ1v) is 10.4. The molecule has 1 atom stereocenters. The Hall–Kier alpha value is -4.19. The van der Waals surface area contributed by atoms with Gasteiger partial charge in [-0.05, 0) is 40.8 Å². The van der Waals surface area contributed by atoms with Crippen molar-refractivity contribution in [2.45, 2.75) is 12.5 Å². The second kappa shape index (κ2) is 7.50. The number of nitrogens with one attached hydrogen (secondary N) is 2. The third kappa shape index (κ3) is 3.26. The van der Waals surface area contributed by atoms with Crippen molar-refractivity contribution in [2.75, 3.05) is 11.9 Å². The van der Waals surface area contributed by atoms with Crippen LogP contribution in [0.5, 0.6) is 0 Å². The van der Waals surface area contributed by atoms with E-state index >= 15 is 0 Å². The number of urea groups is 1. The Morgan fingerprint density at radius 3 is 2.38 bits per heavy atom. The van der Waals surface area contributed by atoms with Crippen LogP contribution in [0, 0.1) is 0 Å². The maximum atomic E-state index is 13.2. The molecule has 0 radical (unpaired) electrons. The van der Waals surface area contributed by atoms with Gasteiger partial charge in [0.1, 0.15) is 12.1 Å². The molecule has 5 rings (SSSR count). The predicted octanol–water partition coefficient (Wildman–Crippen LogP) is 4.40. The first-order valence-electron chi connectivity index (χ1n) is 10.4. The average Bonchev–Trinajstić information content (AvgIpc) is 3.03.